The van der Waals surface area contributed by atoms with E-state index in [9.17, 15) is 9.59 Å². The first kappa shape index (κ1) is 15.5. The van der Waals surface area contributed by atoms with E-state index < -0.39 is 11.6 Å². The monoisotopic (exact) mass is 291 g/mol. The summed E-state index contributed by atoms with van der Waals surface area (Å²) in [6, 6.07) is 4.00. The Kier molecular flexibility index (Phi) is 4.05. The number of carbonyl (C=O) groups is 2. The Hall–Kier alpha value is -1.88. The molecule has 0 unspecified atom stereocenters. The Morgan fingerprint density at radius 1 is 1.24 bits per heavy atom. The molecule has 0 aliphatic carbocycles. The van der Waals surface area contributed by atoms with E-state index in [0.717, 1.165) is 22.3 Å². The van der Waals surface area contributed by atoms with E-state index in [1.54, 1.807) is 4.90 Å². The highest BCUT2D eigenvalue weighted by molar-refractivity contribution is 5.97. The zero-order chi connectivity index (χ0) is 15.8. The first-order valence-electron chi connectivity index (χ1n) is 6.95. The number of nitrogens with zero attached hydrogens (tertiary/aromatic N) is 1. The predicted molar refractivity (Wildman–Crippen MR) is 78.5 cm³/mol. The van der Waals surface area contributed by atoms with Gasteiger partial charge in [-0.25, -0.2) is 4.79 Å². The second-order valence-corrected chi connectivity index (χ2v) is 6.07. The van der Waals surface area contributed by atoms with Crippen molar-refractivity contribution in [2.24, 2.45) is 0 Å². The number of rotatable bonds is 4. The van der Waals surface area contributed by atoms with Crippen molar-refractivity contribution >= 4 is 11.9 Å². The summed E-state index contributed by atoms with van der Waals surface area (Å²) in [7, 11) is 0. The Morgan fingerprint density at radius 3 is 2.24 bits per heavy atom. The summed E-state index contributed by atoms with van der Waals surface area (Å²) in [6.07, 6.45) is 0. The minimum absolute atomic E-state index is 0.0126. The normalized spacial score (nSPS) is 16.5. The Bertz CT molecular complexity index is 565. The van der Waals surface area contributed by atoms with Crippen LogP contribution in [-0.2, 0) is 9.53 Å². The summed E-state index contributed by atoms with van der Waals surface area (Å²) in [6.45, 7) is 8.22. The quantitative estimate of drug-likeness (QED) is 0.920. The Labute approximate surface area is 124 Å². The predicted octanol–water partition coefficient (Wildman–Crippen LogP) is 1.93. The van der Waals surface area contributed by atoms with Crippen LogP contribution in [0.5, 0.6) is 0 Å². The van der Waals surface area contributed by atoms with Crippen LogP contribution >= 0.6 is 0 Å². The van der Waals surface area contributed by atoms with E-state index in [4.69, 9.17) is 9.84 Å². The highest BCUT2D eigenvalue weighted by Crippen LogP contribution is 2.28. The van der Waals surface area contributed by atoms with Gasteiger partial charge in [0.1, 0.15) is 12.2 Å². The number of hydrogen-bond donors (Lipinski definition) is 1. The van der Waals surface area contributed by atoms with Gasteiger partial charge in [-0.15, -0.1) is 0 Å². The van der Waals surface area contributed by atoms with Crippen molar-refractivity contribution < 1.29 is 19.4 Å². The number of aliphatic carboxylic acids is 1. The lowest BCUT2D eigenvalue weighted by atomic mass is 9.92. The number of carbonyl (C=O) groups excluding carboxylic acids is 1. The zero-order valence-electron chi connectivity index (χ0n) is 12.9. The van der Waals surface area contributed by atoms with Gasteiger partial charge in [-0.05, 0) is 38.8 Å². The molecule has 5 heteroatoms. The van der Waals surface area contributed by atoms with Gasteiger partial charge in [-0.3, -0.25) is 4.79 Å². The molecule has 1 aliphatic heterocycles. The van der Waals surface area contributed by atoms with E-state index >= 15 is 0 Å². The molecule has 1 saturated heterocycles. The minimum atomic E-state index is -0.994. The summed E-state index contributed by atoms with van der Waals surface area (Å²) in [5.41, 5.74) is 3.26. The van der Waals surface area contributed by atoms with Crippen LogP contribution in [0, 0.1) is 20.8 Å². The fourth-order valence-corrected chi connectivity index (χ4v) is 2.91. The molecule has 21 heavy (non-hydrogen) atoms. The van der Waals surface area contributed by atoms with E-state index in [-0.39, 0.29) is 12.5 Å². The van der Waals surface area contributed by atoms with E-state index in [0.29, 0.717) is 13.1 Å². The molecule has 0 radical (unpaired) electrons. The molecule has 1 fully saturated rings. The van der Waals surface area contributed by atoms with E-state index in [2.05, 4.69) is 0 Å². The molecule has 0 aromatic heterocycles. The fraction of sp³-hybridized carbons (Fsp3) is 0.500. The molecule has 0 atom stereocenters. The maximum Gasteiger partial charge on any atom is 0.329 e. The summed E-state index contributed by atoms with van der Waals surface area (Å²) in [4.78, 5) is 24.8. The van der Waals surface area contributed by atoms with Crippen molar-refractivity contribution in [3.8, 4) is 0 Å². The van der Waals surface area contributed by atoms with Crippen molar-refractivity contribution in [3.63, 3.8) is 0 Å². The molecule has 114 valence electrons. The molecule has 1 amide bonds. The fourth-order valence-electron chi connectivity index (χ4n) is 2.91. The van der Waals surface area contributed by atoms with Crippen LogP contribution in [-0.4, -0.2) is 47.2 Å². The third kappa shape index (κ3) is 3.24. The molecular formula is C16H21NO4. The highest BCUT2D eigenvalue weighted by Gasteiger charge is 2.43. The highest BCUT2D eigenvalue weighted by atomic mass is 16.5. The van der Waals surface area contributed by atoms with Gasteiger partial charge in [0, 0.05) is 5.56 Å². The molecule has 1 aliphatic rings. The summed E-state index contributed by atoms with van der Waals surface area (Å²) in [5.74, 6) is -1.01. The van der Waals surface area contributed by atoms with Crippen molar-refractivity contribution in [2.45, 2.75) is 33.3 Å². The number of likely N-dealkylation sites (tertiary alicyclic amines) is 1. The van der Waals surface area contributed by atoms with Gasteiger partial charge in [0.25, 0.3) is 5.91 Å². The van der Waals surface area contributed by atoms with Crippen molar-refractivity contribution in [1.29, 1.82) is 0 Å². The number of ether oxygens (including phenoxy) is 1. The van der Waals surface area contributed by atoms with Gasteiger partial charge in [0.15, 0.2) is 0 Å². The van der Waals surface area contributed by atoms with Crippen LogP contribution in [0.4, 0.5) is 0 Å². The first-order chi connectivity index (χ1) is 9.72. The summed E-state index contributed by atoms with van der Waals surface area (Å²) >= 11 is 0. The number of amides is 1. The molecule has 1 heterocycles. The molecule has 1 aromatic carbocycles. The van der Waals surface area contributed by atoms with Crippen LogP contribution in [0.25, 0.3) is 0 Å². The molecule has 1 aromatic rings. The third-order valence-electron chi connectivity index (χ3n) is 3.77. The molecule has 1 N–H and O–H groups in total. The molecule has 0 bridgehead atoms. The van der Waals surface area contributed by atoms with Gasteiger partial charge < -0.3 is 14.7 Å². The average Bonchev–Trinajstić information content (AvgIpc) is 2.31. The molecule has 0 spiro atoms. The van der Waals surface area contributed by atoms with Gasteiger partial charge >= 0.3 is 5.97 Å². The van der Waals surface area contributed by atoms with Crippen LogP contribution in [0.1, 0.15) is 34.0 Å². The Morgan fingerprint density at radius 2 is 1.76 bits per heavy atom. The number of benzene rings is 1. The van der Waals surface area contributed by atoms with Crippen LogP contribution in [0.2, 0.25) is 0 Å². The van der Waals surface area contributed by atoms with Crippen LogP contribution in [0.15, 0.2) is 12.1 Å². The summed E-state index contributed by atoms with van der Waals surface area (Å²) in [5, 5.41) is 8.64. The SMILES string of the molecule is Cc1cc(C)c(C(=O)N2CC(C)(OCC(=O)O)C2)c(C)c1. The van der Waals surface area contributed by atoms with Crippen molar-refractivity contribution in [2.75, 3.05) is 19.7 Å². The minimum Gasteiger partial charge on any atom is -0.480 e. The zero-order valence-corrected chi connectivity index (χ0v) is 12.9. The lowest BCUT2D eigenvalue weighted by Crippen LogP contribution is -2.63. The number of hydrogen-bond acceptors (Lipinski definition) is 3. The smallest absolute Gasteiger partial charge is 0.329 e. The van der Waals surface area contributed by atoms with Gasteiger partial charge in [0.05, 0.1) is 13.1 Å². The second kappa shape index (κ2) is 5.48. The molecule has 5 nitrogen and oxygen atoms in total. The maximum atomic E-state index is 12.6. The lowest BCUT2D eigenvalue weighted by molar-refractivity contribution is -0.159. The van der Waals surface area contributed by atoms with Crippen LogP contribution in [0.3, 0.4) is 0 Å². The van der Waals surface area contributed by atoms with E-state index in [1.807, 2.05) is 39.8 Å². The van der Waals surface area contributed by atoms with Crippen molar-refractivity contribution in [1.82, 2.24) is 4.90 Å². The van der Waals surface area contributed by atoms with E-state index in [1.165, 1.54) is 0 Å². The van der Waals surface area contributed by atoms with Gasteiger partial charge in [-0.2, -0.15) is 0 Å². The first-order valence-corrected chi connectivity index (χ1v) is 6.95. The largest absolute Gasteiger partial charge is 0.480 e. The topological polar surface area (TPSA) is 66.8 Å². The third-order valence-corrected chi connectivity index (χ3v) is 3.77. The lowest BCUT2D eigenvalue weighted by Gasteiger charge is -2.47. The Balaban J connectivity index is 2.06. The van der Waals surface area contributed by atoms with Crippen molar-refractivity contribution in [3.05, 3.63) is 34.4 Å². The maximum absolute atomic E-state index is 12.6. The molecule has 0 saturated carbocycles. The summed E-state index contributed by atoms with van der Waals surface area (Å²) < 4.78 is 5.33. The average molecular weight is 291 g/mol. The molecule has 2 rings (SSSR count). The molecular weight excluding hydrogens is 270 g/mol. The standard InChI is InChI=1S/C16H21NO4/c1-10-5-11(2)14(12(3)6-10)15(20)17-8-16(4,9-17)21-7-13(18)19/h5-6H,7-9H2,1-4H3,(H,18,19). The number of carboxylic acid groups (broad SMARTS) is 1. The van der Waals surface area contributed by atoms with Gasteiger partial charge in [0.2, 0.25) is 0 Å². The number of carboxylic acids is 1. The van der Waals surface area contributed by atoms with Crippen LogP contribution < -0.4 is 0 Å². The second-order valence-electron chi connectivity index (χ2n) is 6.07. The number of aryl methyl sites for hydroxylation is 3. The van der Waals surface area contributed by atoms with Gasteiger partial charge in [-0.1, -0.05) is 17.7 Å².